The summed E-state index contributed by atoms with van der Waals surface area (Å²) < 4.78 is 11.6. The molecule has 0 saturated carbocycles. The normalized spacial score (nSPS) is 18.4. The molecule has 1 aromatic heterocycles. The average molecular weight is 303 g/mol. The van der Waals surface area contributed by atoms with Gasteiger partial charge in [-0.1, -0.05) is 18.2 Å². The van der Waals surface area contributed by atoms with Crippen molar-refractivity contribution in [1.29, 1.82) is 0 Å². The first-order valence-electron chi connectivity index (χ1n) is 7.16. The first kappa shape index (κ1) is 14.5. The summed E-state index contributed by atoms with van der Waals surface area (Å²) >= 11 is 0. The lowest BCUT2D eigenvalue weighted by Gasteiger charge is -2.30. The fourth-order valence-electron chi connectivity index (χ4n) is 2.38. The summed E-state index contributed by atoms with van der Waals surface area (Å²) in [4.78, 5) is 25.8. The second-order valence-corrected chi connectivity index (χ2v) is 5.22. The van der Waals surface area contributed by atoms with E-state index in [9.17, 15) is 9.59 Å². The number of amides is 1. The van der Waals surface area contributed by atoms with Crippen LogP contribution in [0.5, 0.6) is 0 Å². The fraction of sp³-hybridized carbons (Fsp3) is 0.400. The molecule has 1 amide bonds. The van der Waals surface area contributed by atoms with Crippen molar-refractivity contribution in [3.63, 3.8) is 0 Å². The Balaban J connectivity index is 1.74. The Labute approximate surface area is 127 Å². The molecule has 7 heteroatoms. The Hall–Kier alpha value is -2.41. The number of carbonyl (C=O) groups is 1. The van der Waals surface area contributed by atoms with Crippen LogP contribution in [0.1, 0.15) is 6.92 Å². The SMILES string of the molecule is CC1CN(C(=O)Cn2nc(-c3ccccc3)oc2=O)CCO1. The van der Waals surface area contributed by atoms with Crippen molar-refractivity contribution < 1.29 is 13.9 Å². The van der Waals surface area contributed by atoms with E-state index in [-0.39, 0.29) is 24.4 Å². The fourth-order valence-corrected chi connectivity index (χ4v) is 2.38. The average Bonchev–Trinajstić information content (AvgIpc) is 2.89. The van der Waals surface area contributed by atoms with Gasteiger partial charge in [0.15, 0.2) is 0 Å². The predicted octanol–water partition coefficient (Wildman–Crippen LogP) is 0.751. The maximum absolute atomic E-state index is 12.2. The predicted molar refractivity (Wildman–Crippen MR) is 78.2 cm³/mol. The number of nitrogens with zero attached hydrogens (tertiary/aromatic N) is 3. The molecular formula is C15H17N3O4. The van der Waals surface area contributed by atoms with Crippen LogP contribution >= 0.6 is 0 Å². The summed E-state index contributed by atoms with van der Waals surface area (Å²) in [6.07, 6.45) is 0.00612. The number of hydrogen-bond acceptors (Lipinski definition) is 5. The van der Waals surface area contributed by atoms with Gasteiger partial charge in [-0.3, -0.25) is 4.79 Å². The lowest BCUT2D eigenvalue weighted by atomic mass is 10.2. The molecule has 1 aliphatic heterocycles. The summed E-state index contributed by atoms with van der Waals surface area (Å²) in [5, 5.41) is 4.09. The third-order valence-corrected chi connectivity index (χ3v) is 3.51. The van der Waals surface area contributed by atoms with Gasteiger partial charge in [0.25, 0.3) is 0 Å². The summed E-state index contributed by atoms with van der Waals surface area (Å²) in [5.74, 6) is -0.576. The van der Waals surface area contributed by atoms with E-state index in [0.29, 0.717) is 25.3 Å². The third kappa shape index (κ3) is 3.09. The number of rotatable bonds is 3. The molecule has 0 bridgehead atoms. The van der Waals surface area contributed by atoms with Gasteiger partial charge in [-0.2, -0.15) is 4.68 Å². The highest BCUT2D eigenvalue weighted by Gasteiger charge is 2.23. The Morgan fingerprint density at radius 1 is 1.36 bits per heavy atom. The molecular weight excluding hydrogens is 286 g/mol. The minimum absolute atomic E-state index is 0.00612. The zero-order valence-electron chi connectivity index (χ0n) is 12.3. The van der Waals surface area contributed by atoms with Gasteiger partial charge in [0, 0.05) is 18.7 Å². The zero-order chi connectivity index (χ0) is 15.5. The van der Waals surface area contributed by atoms with Crippen molar-refractivity contribution in [2.45, 2.75) is 19.6 Å². The molecule has 7 nitrogen and oxygen atoms in total. The molecule has 1 saturated heterocycles. The van der Waals surface area contributed by atoms with Crippen molar-refractivity contribution in [2.24, 2.45) is 0 Å². The second-order valence-electron chi connectivity index (χ2n) is 5.22. The van der Waals surface area contributed by atoms with Gasteiger partial charge < -0.3 is 14.1 Å². The highest BCUT2D eigenvalue weighted by Crippen LogP contribution is 2.14. The molecule has 0 spiro atoms. The van der Waals surface area contributed by atoms with E-state index < -0.39 is 5.76 Å². The minimum Gasteiger partial charge on any atom is -0.388 e. The Morgan fingerprint density at radius 2 is 2.14 bits per heavy atom. The quantitative estimate of drug-likeness (QED) is 0.836. The third-order valence-electron chi connectivity index (χ3n) is 3.51. The van der Waals surface area contributed by atoms with Crippen molar-refractivity contribution in [3.05, 3.63) is 40.9 Å². The first-order chi connectivity index (χ1) is 10.6. The summed E-state index contributed by atoms with van der Waals surface area (Å²) in [6, 6.07) is 9.10. The Bertz CT molecular complexity index is 707. The van der Waals surface area contributed by atoms with E-state index in [1.54, 1.807) is 17.0 Å². The van der Waals surface area contributed by atoms with Gasteiger partial charge in [-0.25, -0.2) is 4.79 Å². The van der Waals surface area contributed by atoms with E-state index in [2.05, 4.69) is 5.10 Å². The smallest absolute Gasteiger partial charge is 0.388 e. The number of aromatic nitrogens is 2. The Morgan fingerprint density at radius 3 is 2.86 bits per heavy atom. The van der Waals surface area contributed by atoms with Crippen LogP contribution in [0.25, 0.3) is 11.5 Å². The van der Waals surface area contributed by atoms with Crippen LogP contribution in [-0.2, 0) is 16.1 Å². The summed E-state index contributed by atoms with van der Waals surface area (Å²) in [5.41, 5.74) is 0.700. The van der Waals surface area contributed by atoms with Crippen molar-refractivity contribution in [2.75, 3.05) is 19.7 Å². The maximum atomic E-state index is 12.2. The molecule has 0 N–H and O–H groups in total. The van der Waals surface area contributed by atoms with Crippen LogP contribution in [0.15, 0.2) is 39.5 Å². The van der Waals surface area contributed by atoms with Crippen LogP contribution in [-0.4, -0.2) is 46.4 Å². The van der Waals surface area contributed by atoms with Crippen LogP contribution < -0.4 is 5.76 Å². The van der Waals surface area contributed by atoms with Gasteiger partial charge in [-0.15, -0.1) is 5.10 Å². The largest absolute Gasteiger partial charge is 0.437 e. The van der Waals surface area contributed by atoms with Gasteiger partial charge in [0.05, 0.1) is 12.7 Å². The van der Waals surface area contributed by atoms with Crippen molar-refractivity contribution >= 4 is 5.91 Å². The van der Waals surface area contributed by atoms with E-state index in [1.807, 2.05) is 25.1 Å². The number of hydrogen-bond donors (Lipinski definition) is 0. The number of carbonyl (C=O) groups excluding carboxylic acids is 1. The van der Waals surface area contributed by atoms with E-state index in [4.69, 9.17) is 9.15 Å². The number of ether oxygens (including phenoxy) is 1. The topological polar surface area (TPSA) is 77.6 Å². The first-order valence-corrected chi connectivity index (χ1v) is 7.16. The lowest BCUT2D eigenvalue weighted by Crippen LogP contribution is -2.46. The number of morpholine rings is 1. The monoisotopic (exact) mass is 303 g/mol. The van der Waals surface area contributed by atoms with E-state index in [1.165, 1.54) is 0 Å². The van der Waals surface area contributed by atoms with Crippen LogP contribution in [0, 0.1) is 0 Å². The van der Waals surface area contributed by atoms with Crippen molar-refractivity contribution in [1.82, 2.24) is 14.7 Å². The highest BCUT2D eigenvalue weighted by molar-refractivity contribution is 5.76. The van der Waals surface area contributed by atoms with E-state index >= 15 is 0 Å². The van der Waals surface area contributed by atoms with Gasteiger partial charge in [0.2, 0.25) is 11.8 Å². The molecule has 0 radical (unpaired) electrons. The molecule has 1 unspecified atom stereocenters. The van der Waals surface area contributed by atoms with Gasteiger partial charge >= 0.3 is 5.76 Å². The molecule has 116 valence electrons. The molecule has 1 aliphatic rings. The minimum atomic E-state index is -0.631. The molecule has 1 atom stereocenters. The molecule has 0 aliphatic carbocycles. The second kappa shape index (κ2) is 6.15. The van der Waals surface area contributed by atoms with Gasteiger partial charge in [-0.05, 0) is 19.1 Å². The van der Waals surface area contributed by atoms with Crippen LogP contribution in [0.3, 0.4) is 0 Å². The Kier molecular flexibility index (Phi) is 4.06. The maximum Gasteiger partial charge on any atom is 0.437 e. The van der Waals surface area contributed by atoms with E-state index in [0.717, 1.165) is 4.68 Å². The molecule has 1 aromatic carbocycles. The molecule has 3 rings (SSSR count). The molecule has 2 heterocycles. The highest BCUT2D eigenvalue weighted by atomic mass is 16.5. The van der Waals surface area contributed by atoms with Crippen LogP contribution in [0.4, 0.5) is 0 Å². The van der Waals surface area contributed by atoms with Crippen LogP contribution in [0.2, 0.25) is 0 Å². The standard InChI is InChI=1S/C15H17N3O4/c1-11-9-17(7-8-21-11)13(19)10-18-15(20)22-14(16-18)12-5-3-2-4-6-12/h2-6,11H,7-10H2,1H3. The van der Waals surface area contributed by atoms with Gasteiger partial charge in [0.1, 0.15) is 6.54 Å². The molecule has 1 fully saturated rings. The molecule has 22 heavy (non-hydrogen) atoms. The number of benzene rings is 1. The van der Waals surface area contributed by atoms with Crippen molar-refractivity contribution in [3.8, 4) is 11.5 Å². The zero-order valence-corrected chi connectivity index (χ0v) is 12.3. The summed E-state index contributed by atoms with van der Waals surface area (Å²) in [7, 11) is 0. The molecule has 2 aromatic rings. The summed E-state index contributed by atoms with van der Waals surface area (Å²) in [6.45, 7) is 3.35. The lowest BCUT2D eigenvalue weighted by molar-refractivity contribution is -0.139.